The van der Waals surface area contributed by atoms with Crippen LogP contribution in [0, 0.1) is 0 Å². The normalized spacial score (nSPS) is 15.2. The summed E-state index contributed by atoms with van der Waals surface area (Å²) in [6, 6.07) is 18.6. The van der Waals surface area contributed by atoms with E-state index in [2.05, 4.69) is 45.9 Å². The third-order valence-electron chi connectivity index (χ3n) is 8.30. The maximum Gasteiger partial charge on any atom is 0.261 e. The van der Waals surface area contributed by atoms with E-state index in [0.717, 1.165) is 64.9 Å². The van der Waals surface area contributed by atoms with Crippen molar-refractivity contribution in [2.24, 2.45) is 0 Å². The summed E-state index contributed by atoms with van der Waals surface area (Å²) in [7, 11) is 0. The molecule has 0 saturated carbocycles. The van der Waals surface area contributed by atoms with Crippen LogP contribution in [0.4, 0.5) is 5.69 Å². The molecule has 2 aliphatic rings. The van der Waals surface area contributed by atoms with Gasteiger partial charge in [0.1, 0.15) is 0 Å². The highest BCUT2D eigenvalue weighted by molar-refractivity contribution is 6.38. The van der Waals surface area contributed by atoms with Crippen LogP contribution in [-0.4, -0.2) is 61.9 Å². The molecule has 2 N–H and O–H groups in total. The van der Waals surface area contributed by atoms with Gasteiger partial charge in [-0.05, 0) is 56.9 Å². The molecule has 0 atom stereocenters. The monoisotopic (exact) mass is 548 g/mol. The Morgan fingerprint density at radius 2 is 1.37 bits per heavy atom. The van der Waals surface area contributed by atoms with Crippen LogP contribution in [0.5, 0.6) is 0 Å². The summed E-state index contributed by atoms with van der Waals surface area (Å²) in [5, 5.41) is 14.7. The summed E-state index contributed by atoms with van der Waals surface area (Å²) in [6.45, 7) is 10.5. The Morgan fingerprint density at radius 3 is 2.02 bits per heavy atom. The molecule has 0 spiro atoms. The lowest BCUT2D eigenvalue weighted by Gasteiger charge is -2.31. The first-order chi connectivity index (χ1) is 20.1. The van der Waals surface area contributed by atoms with E-state index in [4.69, 9.17) is 0 Å². The highest BCUT2D eigenvalue weighted by Gasteiger charge is 2.34. The molecular weight excluding hydrogens is 512 g/mol. The zero-order valence-electron chi connectivity index (χ0n) is 24.0. The molecule has 2 heterocycles. The average Bonchev–Trinajstić information content (AvgIpc) is 3.02. The molecule has 0 radical (unpaired) electrons. The van der Waals surface area contributed by atoms with E-state index in [1.54, 1.807) is 0 Å². The van der Waals surface area contributed by atoms with Crippen LogP contribution in [0.2, 0.25) is 0 Å². The smallest absolute Gasteiger partial charge is 0.261 e. The van der Waals surface area contributed by atoms with E-state index < -0.39 is 0 Å². The number of hydrogen-bond acceptors (Lipinski definition) is 5. The lowest BCUT2D eigenvalue weighted by atomic mass is 9.84. The van der Waals surface area contributed by atoms with Crippen molar-refractivity contribution in [3.63, 3.8) is 0 Å². The Labute approximate surface area is 239 Å². The second-order valence-corrected chi connectivity index (χ2v) is 10.5. The van der Waals surface area contributed by atoms with Gasteiger partial charge in [-0.25, -0.2) is 0 Å². The van der Waals surface area contributed by atoms with E-state index in [1.807, 2.05) is 45.0 Å². The van der Waals surface area contributed by atoms with Gasteiger partial charge in [0.05, 0.1) is 0 Å². The molecule has 5 aromatic carbocycles. The highest BCUT2D eigenvalue weighted by atomic mass is 16.2. The van der Waals surface area contributed by atoms with Gasteiger partial charge in [-0.2, -0.15) is 0 Å². The van der Waals surface area contributed by atoms with Crippen LogP contribution < -0.4 is 15.5 Å². The summed E-state index contributed by atoms with van der Waals surface area (Å²) in [4.78, 5) is 43.0. The Bertz CT molecular complexity index is 1740. The van der Waals surface area contributed by atoms with E-state index in [0.29, 0.717) is 17.7 Å². The number of benzene rings is 5. The van der Waals surface area contributed by atoms with Gasteiger partial charge in [-0.15, -0.1) is 0 Å². The van der Waals surface area contributed by atoms with Gasteiger partial charge in [0.2, 0.25) is 5.91 Å². The van der Waals surface area contributed by atoms with Crippen LogP contribution in [0.25, 0.3) is 43.1 Å². The molecule has 5 aromatic rings. The molecule has 7 rings (SSSR count). The van der Waals surface area contributed by atoms with Crippen LogP contribution in [0.15, 0.2) is 54.6 Å². The molecule has 41 heavy (non-hydrogen) atoms. The number of carbonyl (C=O) groups is 3. The highest BCUT2D eigenvalue weighted by Crippen LogP contribution is 2.45. The number of piperazine rings is 1. The predicted octanol–water partition coefficient (Wildman–Crippen LogP) is 5.69. The fraction of sp³-hybridized carbons (Fsp3) is 0.324. The van der Waals surface area contributed by atoms with Crippen molar-refractivity contribution in [1.82, 2.24) is 15.5 Å². The van der Waals surface area contributed by atoms with Crippen molar-refractivity contribution in [3.8, 4) is 0 Å². The van der Waals surface area contributed by atoms with Crippen molar-refractivity contribution < 1.29 is 14.4 Å². The van der Waals surface area contributed by atoms with Crippen molar-refractivity contribution in [1.29, 1.82) is 0 Å². The zero-order chi connectivity index (χ0) is 28.7. The lowest BCUT2D eigenvalue weighted by molar-refractivity contribution is -0.121. The van der Waals surface area contributed by atoms with Gasteiger partial charge in [-0.1, -0.05) is 57.2 Å². The van der Waals surface area contributed by atoms with Crippen LogP contribution in [0.1, 0.15) is 54.3 Å². The fourth-order valence-corrected chi connectivity index (χ4v) is 6.47. The predicted molar refractivity (Wildman–Crippen MR) is 167 cm³/mol. The zero-order valence-corrected chi connectivity index (χ0v) is 24.0. The van der Waals surface area contributed by atoms with Gasteiger partial charge < -0.3 is 15.5 Å². The molecule has 1 saturated heterocycles. The van der Waals surface area contributed by atoms with E-state index in [-0.39, 0.29) is 30.7 Å². The molecule has 7 heteroatoms. The Morgan fingerprint density at radius 1 is 0.780 bits per heavy atom. The number of imide groups is 1. The molecule has 1 fully saturated rings. The van der Waals surface area contributed by atoms with Crippen LogP contribution in [-0.2, 0) is 4.79 Å². The number of hydrogen-bond donors (Lipinski definition) is 2. The van der Waals surface area contributed by atoms with Crippen molar-refractivity contribution >= 4 is 66.5 Å². The molecule has 0 aromatic heterocycles. The fourth-order valence-electron chi connectivity index (χ4n) is 6.47. The van der Waals surface area contributed by atoms with Gasteiger partial charge in [0.15, 0.2) is 0 Å². The number of nitrogens with one attached hydrogen (secondary N) is 2. The summed E-state index contributed by atoms with van der Waals surface area (Å²) in [6.07, 6.45) is 0.929. The van der Waals surface area contributed by atoms with Gasteiger partial charge >= 0.3 is 0 Å². The number of anilines is 1. The van der Waals surface area contributed by atoms with Crippen molar-refractivity contribution in [2.45, 2.75) is 33.6 Å². The molecule has 3 amide bonds. The molecular formula is C34H36N4O3. The minimum absolute atomic E-state index is 0.0641. The average molecular weight is 549 g/mol. The van der Waals surface area contributed by atoms with Gasteiger partial charge in [0, 0.05) is 73.3 Å². The Kier molecular flexibility index (Phi) is 7.22. The number of rotatable bonds is 6. The molecule has 7 nitrogen and oxygen atoms in total. The third kappa shape index (κ3) is 4.27. The van der Waals surface area contributed by atoms with Crippen LogP contribution in [0.3, 0.4) is 0 Å². The molecule has 2 aliphatic heterocycles. The maximum atomic E-state index is 13.6. The first kappa shape index (κ1) is 27.0. The summed E-state index contributed by atoms with van der Waals surface area (Å²) in [5.74, 6) is -0.825. The van der Waals surface area contributed by atoms with E-state index in [1.165, 1.54) is 21.4 Å². The topological polar surface area (TPSA) is 81.8 Å². The first-order valence-corrected chi connectivity index (χ1v) is 14.8. The molecule has 0 unspecified atom stereocenters. The SMILES string of the molecule is CC.CCCNC(=O)CCN1C(=O)c2ccc3c4cccc5c(N6CCNCC6)ccc(c6ccc(c2c36)C1=O)c54. The maximum absolute atomic E-state index is 13.6. The third-order valence-corrected chi connectivity index (χ3v) is 8.30. The minimum Gasteiger partial charge on any atom is -0.368 e. The largest absolute Gasteiger partial charge is 0.368 e. The number of amides is 3. The van der Waals surface area contributed by atoms with Crippen LogP contribution >= 0.6 is 0 Å². The van der Waals surface area contributed by atoms with E-state index in [9.17, 15) is 14.4 Å². The number of nitrogens with zero attached hydrogens (tertiary/aromatic N) is 2. The standard InChI is InChI=1S/C32H30N4O3.C2H6/c1-2-13-34-27(37)12-16-36-31(38)24-8-6-21-19-4-3-5-23-26(35-17-14-33-15-18-35)11-10-20(28(19)23)22-7-9-25(32(36)39)30(24)29(21)22;1-2/h3-11,33H,2,12-18H2,1H3,(H,34,37);1-2H3. The first-order valence-electron chi connectivity index (χ1n) is 14.8. The second-order valence-electron chi connectivity index (χ2n) is 10.5. The van der Waals surface area contributed by atoms with Crippen molar-refractivity contribution in [2.75, 3.05) is 44.2 Å². The lowest BCUT2D eigenvalue weighted by Crippen LogP contribution is -2.43. The Hall–Kier alpha value is -4.23. The van der Waals surface area contributed by atoms with E-state index >= 15 is 0 Å². The number of carbonyl (C=O) groups excluding carboxylic acids is 3. The molecule has 0 bridgehead atoms. The molecule has 210 valence electrons. The quantitative estimate of drug-likeness (QED) is 0.162. The van der Waals surface area contributed by atoms with Gasteiger partial charge in [-0.3, -0.25) is 19.3 Å². The second kappa shape index (κ2) is 11.0. The minimum atomic E-state index is -0.336. The molecule has 0 aliphatic carbocycles. The van der Waals surface area contributed by atoms with Gasteiger partial charge in [0.25, 0.3) is 11.8 Å². The number of fused-ring (bicyclic) bond motifs is 2. The Balaban J connectivity index is 0.00000148. The summed E-state index contributed by atoms with van der Waals surface area (Å²) < 4.78 is 0. The summed E-state index contributed by atoms with van der Waals surface area (Å²) >= 11 is 0. The van der Waals surface area contributed by atoms with Crippen molar-refractivity contribution in [3.05, 3.63) is 65.7 Å². The summed E-state index contributed by atoms with van der Waals surface area (Å²) in [5.41, 5.74) is 2.29.